The third-order valence-electron chi connectivity index (χ3n) is 6.63. The van der Waals surface area contributed by atoms with Crippen LogP contribution in [-0.2, 0) is 17.8 Å². The number of likely N-dealkylation sites (tertiary alicyclic amines) is 1. The Labute approximate surface area is 197 Å². The Morgan fingerprint density at radius 3 is 2.06 bits per heavy atom. The van der Waals surface area contributed by atoms with Crippen LogP contribution in [0.25, 0.3) is 0 Å². The molecule has 2 aromatic carbocycles. The monoisotopic (exact) mass is 442 g/mol. The van der Waals surface area contributed by atoms with Crippen molar-refractivity contribution in [1.82, 2.24) is 14.8 Å². The highest BCUT2D eigenvalue weighted by molar-refractivity contribution is 5.86. The van der Waals surface area contributed by atoms with Gasteiger partial charge in [-0.25, -0.2) is 0 Å². The Bertz CT molecular complexity index is 986. The van der Waals surface area contributed by atoms with E-state index < -0.39 is 0 Å². The second kappa shape index (κ2) is 11.1. The second-order valence-electron chi connectivity index (χ2n) is 9.04. The molecule has 1 saturated heterocycles. The average Bonchev–Trinajstić information content (AvgIpc) is 2.87. The predicted molar refractivity (Wildman–Crippen MR) is 134 cm³/mol. The van der Waals surface area contributed by atoms with E-state index in [0.717, 1.165) is 31.6 Å². The van der Waals surface area contributed by atoms with Crippen molar-refractivity contribution < 1.29 is 4.79 Å². The summed E-state index contributed by atoms with van der Waals surface area (Å²) in [7, 11) is 4.26. The van der Waals surface area contributed by atoms with Gasteiger partial charge in [0, 0.05) is 50.2 Å². The number of hydrogen-bond donors (Lipinski definition) is 0. The number of benzene rings is 2. The fraction of sp³-hybridized carbons (Fsp3) is 0.357. The highest BCUT2D eigenvalue weighted by atomic mass is 16.2. The van der Waals surface area contributed by atoms with E-state index in [0.29, 0.717) is 19.0 Å². The zero-order valence-corrected chi connectivity index (χ0v) is 19.7. The van der Waals surface area contributed by atoms with Gasteiger partial charge in [-0.05, 0) is 50.2 Å². The van der Waals surface area contributed by atoms with Gasteiger partial charge >= 0.3 is 0 Å². The first kappa shape index (κ1) is 23.0. The normalized spacial score (nSPS) is 15.4. The molecule has 33 heavy (non-hydrogen) atoms. The molecule has 0 spiro atoms. The summed E-state index contributed by atoms with van der Waals surface area (Å²) in [6.07, 6.45) is 6.32. The van der Waals surface area contributed by atoms with Crippen LogP contribution in [0.2, 0.25) is 0 Å². The van der Waals surface area contributed by atoms with E-state index in [1.165, 1.54) is 11.1 Å². The highest BCUT2D eigenvalue weighted by Crippen LogP contribution is 2.25. The van der Waals surface area contributed by atoms with Crippen molar-refractivity contribution in [2.24, 2.45) is 0 Å². The zero-order valence-electron chi connectivity index (χ0n) is 19.7. The molecular formula is C28H34N4O. The van der Waals surface area contributed by atoms with Gasteiger partial charge in [-0.2, -0.15) is 0 Å². The van der Waals surface area contributed by atoms with Crippen molar-refractivity contribution in [1.29, 1.82) is 0 Å². The molecule has 1 amide bonds. The van der Waals surface area contributed by atoms with Gasteiger partial charge in [0.05, 0.1) is 0 Å². The molecule has 1 atom stereocenters. The first-order valence-corrected chi connectivity index (χ1v) is 11.8. The Balaban J connectivity index is 1.65. The van der Waals surface area contributed by atoms with Crippen molar-refractivity contribution in [3.8, 4) is 0 Å². The number of nitrogens with zero attached hydrogens (tertiary/aromatic N) is 4. The van der Waals surface area contributed by atoms with Crippen molar-refractivity contribution in [2.45, 2.75) is 37.9 Å². The quantitative estimate of drug-likeness (QED) is 0.523. The lowest BCUT2D eigenvalue weighted by Gasteiger charge is -2.40. The summed E-state index contributed by atoms with van der Waals surface area (Å²) in [5.41, 5.74) is 3.38. The second-order valence-corrected chi connectivity index (χ2v) is 9.04. The van der Waals surface area contributed by atoms with Crippen molar-refractivity contribution in [3.63, 3.8) is 0 Å². The third-order valence-corrected chi connectivity index (χ3v) is 6.63. The fourth-order valence-electron chi connectivity index (χ4n) is 4.68. The van der Waals surface area contributed by atoms with Crippen LogP contribution in [0.5, 0.6) is 0 Å². The van der Waals surface area contributed by atoms with Crippen LogP contribution in [-0.4, -0.2) is 60.0 Å². The Kier molecular flexibility index (Phi) is 7.74. The summed E-state index contributed by atoms with van der Waals surface area (Å²) in [6.45, 7) is 2.28. The Hall–Kier alpha value is -3.18. The molecule has 5 heteroatoms. The van der Waals surface area contributed by atoms with Gasteiger partial charge in [-0.3, -0.25) is 9.78 Å². The van der Waals surface area contributed by atoms with Gasteiger partial charge in [0.15, 0.2) is 0 Å². The van der Waals surface area contributed by atoms with Crippen LogP contribution in [0.15, 0.2) is 85.2 Å². The lowest BCUT2D eigenvalue weighted by atomic mass is 9.98. The predicted octanol–water partition coefficient (Wildman–Crippen LogP) is 4.25. The molecule has 1 fully saturated rings. The molecular weight excluding hydrogens is 408 g/mol. The topological polar surface area (TPSA) is 39.7 Å². The van der Waals surface area contributed by atoms with Crippen LogP contribution in [0.3, 0.4) is 0 Å². The zero-order chi connectivity index (χ0) is 23.0. The molecule has 1 aliphatic rings. The van der Waals surface area contributed by atoms with Crippen LogP contribution in [0.4, 0.5) is 5.69 Å². The van der Waals surface area contributed by atoms with E-state index in [2.05, 4.69) is 70.2 Å². The largest absolute Gasteiger partial charge is 0.355 e. The number of piperidine rings is 1. The molecule has 3 aromatic rings. The summed E-state index contributed by atoms with van der Waals surface area (Å²) < 4.78 is 0. The Morgan fingerprint density at radius 2 is 1.48 bits per heavy atom. The molecule has 4 rings (SSSR count). The number of carbonyl (C=O) groups excluding carboxylic acids is 1. The van der Waals surface area contributed by atoms with Gasteiger partial charge in [-0.15, -0.1) is 0 Å². The first-order valence-electron chi connectivity index (χ1n) is 11.8. The third kappa shape index (κ3) is 5.99. The first-order chi connectivity index (χ1) is 16.1. The van der Waals surface area contributed by atoms with Gasteiger partial charge < -0.3 is 14.7 Å². The maximum absolute atomic E-state index is 14.0. The minimum absolute atomic E-state index is 0.212. The molecule has 0 saturated carbocycles. The van der Waals surface area contributed by atoms with E-state index in [9.17, 15) is 4.79 Å². The van der Waals surface area contributed by atoms with Crippen LogP contribution in [0, 0.1) is 0 Å². The molecule has 1 unspecified atom stereocenters. The molecule has 1 aromatic heterocycles. The molecule has 172 valence electrons. The fourth-order valence-corrected chi connectivity index (χ4v) is 4.68. The molecule has 5 nitrogen and oxygen atoms in total. The van der Waals surface area contributed by atoms with Crippen LogP contribution in [0.1, 0.15) is 24.0 Å². The standard InChI is InChI=1S/C28H34N4O/c1-30(2)25-15-19-31(20-16-25)28(33)27(21-23-9-5-3-6-10-23)32(26-13-17-29-18-14-26)22-24-11-7-4-8-12-24/h3-14,17-18,25,27H,15-16,19-22H2,1-2H3. The molecule has 1 aliphatic heterocycles. The van der Waals surface area contributed by atoms with Crippen molar-refractivity contribution in [3.05, 3.63) is 96.3 Å². The summed E-state index contributed by atoms with van der Waals surface area (Å²) in [4.78, 5) is 24.9. The minimum atomic E-state index is -0.286. The summed E-state index contributed by atoms with van der Waals surface area (Å²) in [5.74, 6) is 0.212. The van der Waals surface area contributed by atoms with Gasteiger partial charge in [0.2, 0.25) is 5.91 Å². The van der Waals surface area contributed by atoms with E-state index in [-0.39, 0.29) is 11.9 Å². The number of rotatable bonds is 8. The van der Waals surface area contributed by atoms with Gasteiger partial charge in [0.1, 0.15) is 6.04 Å². The number of anilines is 1. The van der Waals surface area contributed by atoms with Gasteiger partial charge in [-0.1, -0.05) is 60.7 Å². The van der Waals surface area contributed by atoms with Crippen LogP contribution < -0.4 is 4.90 Å². The van der Waals surface area contributed by atoms with Gasteiger partial charge in [0.25, 0.3) is 0 Å². The summed E-state index contributed by atoms with van der Waals surface area (Å²) >= 11 is 0. The number of amides is 1. The van der Waals surface area contributed by atoms with Crippen molar-refractivity contribution in [2.75, 3.05) is 32.1 Å². The highest BCUT2D eigenvalue weighted by Gasteiger charge is 2.33. The minimum Gasteiger partial charge on any atom is -0.355 e. The van der Waals surface area contributed by atoms with E-state index >= 15 is 0 Å². The smallest absolute Gasteiger partial charge is 0.245 e. The molecule has 0 bridgehead atoms. The molecule has 0 radical (unpaired) electrons. The lowest BCUT2D eigenvalue weighted by Crippen LogP contribution is -2.53. The number of carbonyl (C=O) groups is 1. The average molecular weight is 443 g/mol. The number of aromatic nitrogens is 1. The van der Waals surface area contributed by atoms with E-state index in [4.69, 9.17) is 0 Å². The Morgan fingerprint density at radius 1 is 0.909 bits per heavy atom. The van der Waals surface area contributed by atoms with E-state index in [1.807, 2.05) is 36.4 Å². The summed E-state index contributed by atoms with van der Waals surface area (Å²) in [5, 5.41) is 0. The van der Waals surface area contributed by atoms with E-state index in [1.54, 1.807) is 12.4 Å². The lowest BCUT2D eigenvalue weighted by molar-refractivity contribution is -0.134. The number of pyridine rings is 1. The van der Waals surface area contributed by atoms with Crippen LogP contribution >= 0.6 is 0 Å². The summed E-state index contributed by atoms with van der Waals surface area (Å²) in [6, 6.07) is 25.0. The maximum Gasteiger partial charge on any atom is 0.245 e. The molecule has 0 aliphatic carbocycles. The molecule has 0 N–H and O–H groups in total. The maximum atomic E-state index is 14.0. The molecule has 2 heterocycles. The SMILES string of the molecule is CN(C)C1CCN(C(=O)C(Cc2ccccc2)N(Cc2ccccc2)c2ccncc2)CC1. The van der Waals surface area contributed by atoms with Crippen molar-refractivity contribution >= 4 is 11.6 Å². The number of hydrogen-bond acceptors (Lipinski definition) is 4.